The molecule has 0 radical (unpaired) electrons. The normalized spacial score (nSPS) is 34.6. The van der Waals surface area contributed by atoms with E-state index in [4.69, 9.17) is 0 Å². The van der Waals surface area contributed by atoms with Crippen LogP contribution in [-0.4, -0.2) is 6.04 Å². The second kappa shape index (κ2) is 4.59. The van der Waals surface area contributed by atoms with Crippen molar-refractivity contribution in [2.45, 2.75) is 66.5 Å². The largest absolute Gasteiger partial charge is 0.309 e. The van der Waals surface area contributed by atoms with Crippen LogP contribution < -0.4 is 5.32 Å². The van der Waals surface area contributed by atoms with Crippen LogP contribution in [0.5, 0.6) is 0 Å². The molecule has 0 heterocycles. The average Bonchev–Trinajstić information content (AvgIpc) is 2.82. The first-order valence-electron chi connectivity index (χ1n) is 8.12. The number of hydrogen-bond acceptors (Lipinski definition) is 1. The third-order valence-electron chi connectivity index (χ3n) is 6.26. The first-order chi connectivity index (χ1) is 9.33. The molecule has 1 nitrogen and oxygen atoms in total. The summed E-state index contributed by atoms with van der Waals surface area (Å²) in [5.74, 6) is 0.920. The Kier molecular flexibility index (Phi) is 3.25. The molecule has 1 heteroatoms. The number of aryl methyl sites for hydroxylation is 2. The van der Waals surface area contributed by atoms with Crippen molar-refractivity contribution >= 4 is 0 Å². The minimum absolute atomic E-state index is 0.450. The van der Waals surface area contributed by atoms with Gasteiger partial charge in [0.25, 0.3) is 0 Å². The molecular formula is C19H29N. The van der Waals surface area contributed by atoms with E-state index in [1.807, 2.05) is 0 Å². The maximum atomic E-state index is 3.92. The van der Waals surface area contributed by atoms with Crippen LogP contribution in [0.15, 0.2) is 18.2 Å². The van der Waals surface area contributed by atoms with E-state index < -0.39 is 0 Å². The summed E-state index contributed by atoms with van der Waals surface area (Å²) in [7, 11) is 0. The van der Waals surface area contributed by atoms with E-state index in [0.29, 0.717) is 16.9 Å². The van der Waals surface area contributed by atoms with Gasteiger partial charge < -0.3 is 5.32 Å². The fourth-order valence-electron chi connectivity index (χ4n) is 5.07. The third-order valence-corrected chi connectivity index (χ3v) is 6.26. The van der Waals surface area contributed by atoms with Crippen molar-refractivity contribution in [3.63, 3.8) is 0 Å². The molecule has 2 fully saturated rings. The van der Waals surface area contributed by atoms with Gasteiger partial charge in [0.2, 0.25) is 0 Å². The molecule has 1 N–H and O–H groups in total. The molecule has 0 aliphatic heterocycles. The number of benzene rings is 1. The first kappa shape index (κ1) is 14.1. The molecule has 1 aromatic rings. The summed E-state index contributed by atoms with van der Waals surface area (Å²) >= 11 is 0. The lowest BCUT2D eigenvalue weighted by Gasteiger charge is -2.43. The highest BCUT2D eigenvalue weighted by Gasteiger charge is 2.58. The molecule has 3 unspecified atom stereocenters. The van der Waals surface area contributed by atoms with Crippen molar-refractivity contribution in [1.29, 1.82) is 0 Å². The SMILES string of the molecule is Cc1ccc(CNC2C3(C)CCC(C3)C2(C)C)c(C)c1. The Morgan fingerprint density at radius 2 is 1.95 bits per heavy atom. The summed E-state index contributed by atoms with van der Waals surface area (Å²) < 4.78 is 0. The zero-order valence-electron chi connectivity index (χ0n) is 13.7. The minimum Gasteiger partial charge on any atom is -0.309 e. The van der Waals surface area contributed by atoms with E-state index >= 15 is 0 Å². The summed E-state index contributed by atoms with van der Waals surface area (Å²) in [5, 5.41) is 3.92. The Balaban J connectivity index is 1.75. The monoisotopic (exact) mass is 271 g/mol. The van der Waals surface area contributed by atoms with E-state index in [9.17, 15) is 0 Å². The maximum absolute atomic E-state index is 3.92. The van der Waals surface area contributed by atoms with Gasteiger partial charge in [0.05, 0.1) is 0 Å². The van der Waals surface area contributed by atoms with Crippen molar-refractivity contribution < 1.29 is 0 Å². The van der Waals surface area contributed by atoms with E-state index in [1.54, 1.807) is 0 Å². The standard InChI is InChI=1S/C19H29N/c1-13-6-7-15(14(2)10-13)12-20-17-18(3,4)16-8-9-19(17,5)11-16/h6-7,10,16-17,20H,8-9,11-12H2,1-5H3. The first-order valence-corrected chi connectivity index (χ1v) is 8.12. The van der Waals surface area contributed by atoms with Gasteiger partial charge in [-0.1, -0.05) is 44.5 Å². The van der Waals surface area contributed by atoms with Crippen LogP contribution in [0.25, 0.3) is 0 Å². The molecule has 2 saturated carbocycles. The molecular weight excluding hydrogens is 242 g/mol. The molecule has 110 valence electrons. The molecule has 2 bridgehead atoms. The summed E-state index contributed by atoms with van der Waals surface area (Å²) in [4.78, 5) is 0. The van der Waals surface area contributed by atoms with Crippen LogP contribution in [0.2, 0.25) is 0 Å². The molecule has 20 heavy (non-hydrogen) atoms. The molecule has 3 rings (SSSR count). The number of rotatable bonds is 3. The van der Waals surface area contributed by atoms with Crippen molar-refractivity contribution in [2.24, 2.45) is 16.7 Å². The topological polar surface area (TPSA) is 12.0 Å². The van der Waals surface area contributed by atoms with Gasteiger partial charge in [0.1, 0.15) is 0 Å². The molecule has 0 spiro atoms. The van der Waals surface area contributed by atoms with Crippen molar-refractivity contribution in [2.75, 3.05) is 0 Å². The van der Waals surface area contributed by atoms with Crippen LogP contribution in [-0.2, 0) is 6.54 Å². The predicted octanol–water partition coefficient (Wildman–Crippen LogP) is 4.61. The molecule has 2 aliphatic rings. The lowest BCUT2D eigenvalue weighted by atomic mass is 9.68. The van der Waals surface area contributed by atoms with Gasteiger partial charge in [-0.05, 0) is 61.0 Å². The smallest absolute Gasteiger partial charge is 0.0211 e. The van der Waals surface area contributed by atoms with Crippen molar-refractivity contribution in [1.82, 2.24) is 5.32 Å². The van der Waals surface area contributed by atoms with Crippen LogP contribution in [0, 0.1) is 30.6 Å². The Morgan fingerprint density at radius 1 is 1.20 bits per heavy atom. The quantitative estimate of drug-likeness (QED) is 0.846. The summed E-state index contributed by atoms with van der Waals surface area (Å²) in [6.45, 7) is 12.9. The zero-order valence-corrected chi connectivity index (χ0v) is 13.7. The minimum atomic E-state index is 0.450. The molecule has 1 aromatic carbocycles. The Labute approximate surface area is 124 Å². The van der Waals surface area contributed by atoms with Gasteiger partial charge in [-0.2, -0.15) is 0 Å². The molecule has 3 atom stereocenters. The number of fused-ring (bicyclic) bond motifs is 2. The van der Waals surface area contributed by atoms with Gasteiger partial charge in [0, 0.05) is 12.6 Å². The Bertz CT molecular complexity index is 512. The fourth-order valence-corrected chi connectivity index (χ4v) is 5.07. The van der Waals surface area contributed by atoms with Gasteiger partial charge >= 0.3 is 0 Å². The van der Waals surface area contributed by atoms with Crippen molar-refractivity contribution in [3.8, 4) is 0 Å². The fraction of sp³-hybridized carbons (Fsp3) is 0.684. The molecule has 2 aliphatic carbocycles. The number of nitrogens with one attached hydrogen (secondary N) is 1. The van der Waals surface area contributed by atoms with Gasteiger partial charge in [0.15, 0.2) is 0 Å². The Morgan fingerprint density at radius 3 is 2.55 bits per heavy atom. The van der Waals surface area contributed by atoms with E-state index in [0.717, 1.165) is 12.5 Å². The summed E-state index contributed by atoms with van der Waals surface area (Å²) in [6, 6.07) is 7.48. The van der Waals surface area contributed by atoms with Gasteiger partial charge in [-0.15, -0.1) is 0 Å². The average molecular weight is 271 g/mol. The Hall–Kier alpha value is -0.820. The summed E-state index contributed by atoms with van der Waals surface area (Å²) in [5.41, 5.74) is 5.21. The zero-order chi connectivity index (χ0) is 14.5. The van der Waals surface area contributed by atoms with Gasteiger partial charge in [-0.3, -0.25) is 0 Å². The highest BCUT2D eigenvalue weighted by Crippen LogP contribution is 2.62. The van der Waals surface area contributed by atoms with Crippen molar-refractivity contribution in [3.05, 3.63) is 34.9 Å². The lowest BCUT2D eigenvalue weighted by Crippen LogP contribution is -2.49. The van der Waals surface area contributed by atoms with Crippen LogP contribution >= 0.6 is 0 Å². The maximum Gasteiger partial charge on any atom is 0.0211 e. The summed E-state index contributed by atoms with van der Waals surface area (Å²) in [6.07, 6.45) is 4.27. The molecule has 0 amide bonds. The molecule has 0 saturated heterocycles. The van der Waals surface area contributed by atoms with E-state index in [1.165, 1.54) is 36.0 Å². The highest BCUT2D eigenvalue weighted by molar-refractivity contribution is 5.30. The predicted molar refractivity (Wildman–Crippen MR) is 85.8 cm³/mol. The number of hydrogen-bond donors (Lipinski definition) is 1. The van der Waals surface area contributed by atoms with Gasteiger partial charge in [-0.25, -0.2) is 0 Å². The highest BCUT2D eigenvalue weighted by atomic mass is 15.0. The van der Waals surface area contributed by atoms with Crippen LogP contribution in [0.1, 0.15) is 56.7 Å². The lowest BCUT2D eigenvalue weighted by molar-refractivity contribution is 0.108. The third kappa shape index (κ3) is 2.11. The van der Waals surface area contributed by atoms with E-state index in [2.05, 4.69) is 58.1 Å². The van der Waals surface area contributed by atoms with Crippen LogP contribution in [0.3, 0.4) is 0 Å². The van der Waals surface area contributed by atoms with Crippen LogP contribution in [0.4, 0.5) is 0 Å². The second-order valence-electron chi connectivity index (χ2n) is 8.16. The second-order valence-corrected chi connectivity index (χ2v) is 8.16. The van der Waals surface area contributed by atoms with E-state index in [-0.39, 0.29) is 0 Å². The molecule has 0 aromatic heterocycles.